The maximum Gasteiger partial charge on any atom is 0.238 e. The largest absolute Gasteiger partial charge is 0.436 e. The van der Waals surface area contributed by atoms with Crippen molar-refractivity contribution in [2.45, 2.75) is 13.8 Å². The van der Waals surface area contributed by atoms with Gasteiger partial charge in [0.2, 0.25) is 11.8 Å². The summed E-state index contributed by atoms with van der Waals surface area (Å²) in [6, 6.07) is 3.67. The van der Waals surface area contributed by atoms with Crippen LogP contribution in [-0.4, -0.2) is 21.5 Å². The summed E-state index contributed by atoms with van der Waals surface area (Å²) in [5, 5.41) is 3.04. The second-order valence-corrected chi connectivity index (χ2v) is 4.42. The van der Waals surface area contributed by atoms with Crippen molar-refractivity contribution < 1.29 is 4.74 Å². The topological polar surface area (TPSA) is 59.9 Å². The molecule has 0 aliphatic rings. The molecule has 2 aromatic rings. The summed E-state index contributed by atoms with van der Waals surface area (Å²) in [5.41, 5.74) is 0.813. The van der Waals surface area contributed by atoms with Gasteiger partial charge in [0.1, 0.15) is 0 Å². The molecular weight excluding hydrogens is 296 g/mol. The van der Waals surface area contributed by atoms with Crippen LogP contribution in [0.3, 0.4) is 0 Å². The van der Waals surface area contributed by atoms with Crippen molar-refractivity contribution in [3.63, 3.8) is 0 Å². The van der Waals surface area contributed by atoms with Gasteiger partial charge in [0, 0.05) is 12.7 Å². The molecule has 0 radical (unpaired) electrons. The minimum Gasteiger partial charge on any atom is -0.436 e. The van der Waals surface area contributed by atoms with Gasteiger partial charge in [-0.1, -0.05) is 0 Å². The molecule has 18 heavy (non-hydrogen) atoms. The Morgan fingerprint density at radius 3 is 2.94 bits per heavy atom. The number of anilines is 1. The number of aryl methyl sites for hydroxylation is 1. The van der Waals surface area contributed by atoms with Crippen molar-refractivity contribution in [3.05, 3.63) is 34.7 Å². The quantitative estimate of drug-likeness (QED) is 0.940. The van der Waals surface area contributed by atoms with Gasteiger partial charge in [-0.25, -0.2) is 4.98 Å². The second-order valence-electron chi connectivity index (χ2n) is 3.57. The number of ether oxygens (including phenoxy) is 1. The fourth-order valence-electron chi connectivity index (χ4n) is 1.35. The van der Waals surface area contributed by atoms with E-state index in [1.54, 1.807) is 12.4 Å². The lowest BCUT2D eigenvalue weighted by Gasteiger charge is -2.09. The second kappa shape index (κ2) is 5.77. The zero-order valence-corrected chi connectivity index (χ0v) is 11.7. The molecule has 1 N–H and O–H groups in total. The van der Waals surface area contributed by atoms with E-state index in [2.05, 4.69) is 36.2 Å². The predicted octanol–water partition coefficient (Wildman–Crippen LogP) is 3.17. The van der Waals surface area contributed by atoms with Crippen molar-refractivity contribution in [1.82, 2.24) is 15.0 Å². The van der Waals surface area contributed by atoms with E-state index in [9.17, 15) is 0 Å². The van der Waals surface area contributed by atoms with E-state index in [4.69, 9.17) is 4.74 Å². The van der Waals surface area contributed by atoms with Crippen molar-refractivity contribution >= 4 is 21.9 Å². The first-order valence-corrected chi connectivity index (χ1v) is 6.36. The Hall–Kier alpha value is -1.69. The molecular formula is C12H13BrN4O. The summed E-state index contributed by atoms with van der Waals surface area (Å²) < 4.78 is 6.43. The summed E-state index contributed by atoms with van der Waals surface area (Å²) in [6.07, 6.45) is 3.38. The number of nitrogens with one attached hydrogen (secondary N) is 1. The molecule has 6 heteroatoms. The number of rotatable bonds is 4. The molecule has 5 nitrogen and oxygen atoms in total. The van der Waals surface area contributed by atoms with E-state index in [-0.39, 0.29) is 0 Å². The summed E-state index contributed by atoms with van der Waals surface area (Å²) in [4.78, 5) is 12.6. The molecule has 0 saturated carbocycles. The van der Waals surface area contributed by atoms with Crippen molar-refractivity contribution in [2.75, 3.05) is 11.9 Å². The average molecular weight is 309 g/mol. The number of aromatic nitrogens is 3. The Kier molecular flexibility index (Phi) is 4.09. The van der Waals surface area contributed by atoms with Crippen LogP contribution in [0, 0.1) is 6.92 Å². The first kappa shape index (κ1) is 12.8. The minimum atomic E-state index is 0.469. The maximum absolute atomic E-state index is 5.73. The first-order valence-electron chi connectivity index (χ1n) is 5.56. The fraction of sp³-hybridized carbons (Fsp3) is 0.250. The first-order chi connectivity index (χ1) is 8.70. The Morgan fingerprint density at radius 1 is 1.39 bits per heavy atom. The molecule has 0 bridgehead atoms. The normalized spacial score (nSPS) is 10.2. The van der Waals surface area contributed by atoms with E-state index in [1.807, 2.05) is 26.0 Å². The highest BCUT2D eigenvalue weighted by Gasteiger charge is 2.09. The highest BCUT2D eigenvalue weighted by Crippen LogP contribution is 2.28. The van der Waals surface area contributed by atoms with Crippen LogP contribution in [0.1, 0.15) is 12.6 Å². The summed E-state index contributed by atoms with van der Waals surface area (Å²) in [7, 11) is 0. The van der Waals surface area contributed by atoms with E-state index in [0.717, 1.165) is 12.2 Å². The standard InChI is InChI=1S/C12H13BrN4O/c1-3-14-12-16-7-9(13)11(17-12)18-10-5-4-6-15-8(10)2/h4-7H,3H2,1-2H3,(H,14,16,17). The number of hydrogen-bond donors (Lipinski definition) is 1. The van der Waals surface area contributed by atoms with E-state index < -0.39 is 0 Å². The zero-order valence-electron chi connectivity index (χ0n) is 10.1. The molecule has 0 atom stereocenters. The number of nitrogens with zero attached hydrogens (tertiary/aromatic N) is 3. The highest BCUT2D eigenvalue weighted by molar-refractivity contribution is 9.10. The summed E-state index contributed by atoms with van der Waals surface area (Å²) in [6.45, 7) is 4.62. The van der Waals surface area contributed by atoms with Crippen LogP contribution in [0.25, 0.3) is 0 Å². The lowest BCUT2D eigenvalue weighted by molar-refractivity contribution is 0.452. The summed E-state index contributed by atoms with van der Waals surface area (Å²) >= 11 is 3.37. The van der Waals surface area contributed by atoms with Crippen LogP contribution >= 0.6 is 15.9 Å². The number of halogens is 1. The van der Waals surface area contributed by atoms with Gasteiger partial charge in [0.15, 0.2) is 5.75 Å². The molecule has 0 amide bonds. The highest BCUT2D eigenvalue weighted by atomic mass is 79.9. The van der Waals surface area contributed by atoms with Gasteiger partial charge in [-0.2, -0.15) is 4.98 Å². The zero-order chi connectivity index (χ0) is 13.0. The fourth-order valence-corrected chi connectivity index (χ4v) is 1.62. The van der Waals surface area contributed by atoms with Crippen LogP contribution in [0.4, 0.5) is 5.95 Å². The molecule has 0 aliphatic carbocycles. The minimum absolute atomic E-state index is 0.469. The van der Waals surface area contributed by atoms with Gasteiger partial charge in [-0.15, -0.1) is 0 Å². The Bertz CT molecular complexity index is 547. The third kappa shape index (κ3) is 2.95. The third-order valence-corrected chi connectivity index (χ3v) is 2.76. The Labute approximate surface area is 114 Å². The molecule has 2 heterocycles. The van der Waals surface area contributed by atoms with Gasteiger partial charge in [0.25, 0.3) is 0 Å². The van der Waals surface area contributed by atoms with E-state index in [1.165, 1.54) is 0 Å². The van der Waals surface area contributed by atoms with E-state index in [0.29, 0.717) is 22.1 Å². The molecule has 94 valence electrons. The molecule has 2 aromatic heterocycles. The van der Waals surface area contributed by atoms with Crippen LogP contribution in [0.5, 0.6) is 11.6 Å². The number of pyridine rings is 1. The predicted molar refractivity (Wildman–Crippen MR) is 72.9 cm³/mol. The smallest absolute Gasteiger partial charge is 0.238 e. The molecule has 0 saturated heterocycles. The van der Waals surface area contributed by atoms with Crippen LogP contribution in [-0.2, 0) is 0 Å². The van der Waals surface area contributed by atoms with Gasteiger partial charge in [-0.3, -0.25) is 4.98 Å². The lowest BCUT2D eigenvalue weighted by Crippen LogP contribution is -2.03. The molecule has 0 fully saturated rings. The van der Waals surface area contributed by atoms with Gasteiger partial charge >= 0.3 is 0 Å². The summed E-state index contributed by atoms with van der Waals surface area (Å²) in [5.74, 6) is 1.69. The molecule has 0 unspecified atom stereocenters. The monoisotopic (exact) mass is 308 g/mol. The number of hydrogen-bond acceptors (Lipinski definition) is 5. The van der Waals surface area contributed by atoms with Crippen LogP contribution in [0.2, 0.25) is 0 Å². The molecule has 2 rings (SSSR count). The van der Waals surface area contributed by atoms with Gasteiger partial charge < -0.3 is 10.1 Å². The molecule has 0 aromatic carbocycles. The van der Waals surface area contributed by atoms with Crippen LogP contribution < -0.4 is 10.1 Å². The van der Waals surface area contributed by atoms with E-state index >= 15 is 0 Å². The third-order valence-electron chi connectivity index (χ3n) is 2.21. The van der Waals surface area contributed by atoms with Gasteiger partial charge in [0.05, 0.1) is 16.4 Å². The van der Waals surface area contributed by atoms with Crippen molar-refractivity contribution in [2.24, 2.45) is 0 Å². The SMILES string of the molecule is CCNc1ncc(Br)c(Oc2cccnc2C)n1. The van der Waals surface area contributed by atoms with Crippen molar-refractivity contribution in [1.29, 1.82) is 0 Å². The van der Waals surface area contributed by atoms with Crippen molar-refractivity contribution in [3.8, 4) is 11.6 Å². The average Bonchev–Trinajstić information content (AvgIpc) is 2.36. The Balaban J connectivity index is 2.28. The van der Waals surface area contributed by atoms with Crippen LogP contribution in [0.15, 0.2) is 29.0 Å². The molecule has 0 aliphatic heterocycles. The maximum atomic E-state index is 5.73. The molecule has 0 spiro atoms. The Morgan fingerprint density at radius 2 is 2.22 bits per heavy atom. The lowest BCUT2D eigenvalue weighted by atomic mass is 10.3. The van der Waals surface area contributed by atoms with Gasteiger partial charge in [-0.05, 0) is 41.9 Å².